The zero-order valence-corrected chi connectivity index (χ0v) is 14.9. The van der Waals surface area contributed by atoms with Crippen molar-refractivity contribution < 1.29 is 4.74 Å². The maximum atomic E-state index is 6.36. The average Bonchev–Trinajstić information content (AvgIpc) is 2.68. The third-order valence-corrected chi connectivity index (χ3v) is 4.22. The molecule has 3 heterocycles. The molecule has 4 aromatic rings. The molecule has 0 radical (unpaired) electrons. The van der Waals surface area contributed by atoms with Crippen LogP contribution in [0.3, 0.4) is 0 Å². The van der Waals surface area contributed by atoms with Crippen LogP contribution in [-0.4, -0.2) is 19.9 Å². The smallest absolute Gasteiger partial charge is 0.162 e. The van der Waals surface area contributed by atoms with Gasteiger partial charge in [0, 0.05) is 17.1 Å². The highest BCUT2D eigenvalue weighted by Crippen LogP contribution is 2.31. The van der Waals surface area contributed by atoms with Crippen molar-refractivity contribution >= 4 is 34.1 Å². The van der Waals surface area contributed by atoms with E-state index in [1.165, 1.54) is 0 Å². The van der Waals surface area contributed by atoms with Crippen LogP contribution in [0.2, 0.25) is 5.02 Å². The summed E-state index contributed by atoms with van der Waals surface area (Å²) in [6, 6.07) is 12.6. The minimum absolute atomic E-state index is 0.326. The van der Waals surface area contributed by atoms with Crippen molar-refractivity contribution in [3.63, 3.8) is 0 Å². The van der Waals surface area contributed by atoms with Crippen LogP contribution in [0.15, 0.2) is 54.9 Å². The topological polar surface area (TPSA) is 113 Å². The van der Waals surface area contributed by atoms with Crippen LogP contribution in [0, 0.1) is 0 Å². The highest BCUT2D eigenvalue weighted by atomic mass is 35.5. The molecule has 7 nitrogen and oxygen atoms in total. The third-order valence-electron chi connectivity index (χ3n) is 3.92. The Balaban J connectivity index is 1.62. The first kappa shape index (κ1) is 17.0. The van der Waals surface area contributed by atoms with Gasteiger partial charge in [0.15, 0.2) is 5.82 Å². The highest BCUT2D eigenvalue weighted by Gasteiger charge is 2.11. The molecule has 8 heteroatoms. The molecule has 0 aliphatic heterocycles. The molecule has 0 amide bonds. The molecule has 1 aromatic carbocycles. The Labute approximate surface area is 160 Å². The first-order chi connectivity index (χ1) is 13.1. The van der Waals surface area contributed by atoms with Gasteiger partial charge >= 0.3 is 0 Å². The van der Waals surface area contributed by atoms with Gasteiger partial charge in [0.2, 0.25) is 0 Å². The number of nitrogens with zero attached hydrogens (tertiary/aromatic N) is 4. The molecular formula is C19H15ClN6O. The zero-order chi connectivity index (χ0) is 18.8. The van der Waals surface area contributed by atoms with Crippen molar-refractivity contribution in [2.24, 2.45) is 0 Å². The van der Waals surface area contributed by atoms with E-state index in [0.29, 0.717) is 45.7 Å². The molecule has 0 bridgehead atoms. The first-order valence-corrected chi connectivity index (χ1v) is 8.49. The number of pyridine rings is 2. The summed E-state index contributed by atoms with van der Waals surface area (Å²) >= 11 is 6.36. The summed E-state index contributed by atoms with van der Waals surface area (Å²) < 4.78 is 5.74. The lowest BCUT2D eigenvalue weighted by molar-refractivity contribution is 0.301. The Morgan fingerprint density at radius 3 is 2.67 bits per heavy atom. The van der Waals surface area contributed by atoms with Crippen LogP contribution in [0.4, 0.5) is 11.6 Å². The standard InChI is InChI=1S/C19H15ClN6O/c20-14-7-11(4-5-16(14)27-10-12-3-1-2-6-23-12)19-25-15-9-24-17(21)8-13(15)18(22)26-19/h1-9H,10H2,(H2,21,24)(H2,22,25,26). The van der Waals surface area contributed by atoms with Crippen molar-refractivity contribution in [2.75, 3.05) is 11.5 Å². The van der Waals surface area contributed by atoms with Gasteiger partial charge in [-0.2, -0.15) is 0 Å². The summed E-state index contributed by atoms with van der Waals surface area (Å²) in [5, 5.41) is 1.11. The summed E-state index contributed by atoms with van der Waals surface area (Å²) in [4.78, 5) is 17.1. The lowest BCUT2D eigenvalue weighted by atomic mass is 10.2. The van der Waals surface area contributed by atoms with Gasteiger partial charge in [-0.3, -0.25) is 4.98 Å². The van der Waals surface area contributed by atoms with Crippen LogP contribution in [-0.2, 0) is 6.61 Å². The molecule has 0 aliphatic carbocycles. The van der Waals surface area contributed by atoms with E-state index in [-0.39, 0.29) is 0 Å². The number of rotatable bonds is 4. The van der Waals surface area contributed by atoms with Gasteiger partial charge in [-0.15, -0.1) is 0 Å². The normalized spacial score (nSPS) is 10.9. The van der Waals surface area contributed by atoms with Crippen LogP contribution in [0.1, 0.15) is 5.69 Å². The fourth-order valence-corrected chi connectivity index (χ4v) is 2.83. The Bertz CT molecular complexity index is 1120. The summed E-state index contributed by atoms with van der Waals surface area (Å²) in [5.74, 6) is 1.69. The monoisotopic (exact) mass is 378 g/mol. The molecule has 0 atom stereocenters. The molecule has 0 saturated heterocycles. The van der Waals surface area contributed by atoms with E-state index < -0.39 is 0 Å². The minimum Gasteiger partial charge on any atom is -0.486 e. The van der Waals surface area contributed by atoms with Gasteiger partial charge in [-0.1, -0.05) is 17.7 Å². The number of anilines is 2. The second kappa shape index (κ2) is 7.05. The predicted molar refractivity (Wildman–Crippen MR) is 105 cm³/mol. The van der Waals surface area contributed by atoms with Gasteiger partial charge in [-0.25, -0.2) is 15.0 Å². The van der Waals surface area contributed by atoms with Crippen molar-refractivity contribution in [3.8, 4) is 17.1 Å². The van der Waals surface area contributed by atoms with Crippen molar-refractivity contribution in [1.82, 2.24) is 19.9 Å². The molecule has 0 saturated carbocycles. The fourth-order valence-electron chi connectivity index (χ4n) is 2.59. The largest absolute Gasteiger partial charge is 0.486 e. The molecule has 134 valence electrons. The molecular weight excluding hydrogens is 364 g/mol. The Morgan fingerprint density at radius 1 is 1.00 bits per heavy atom. The minimum atomic E-state index is 0.326. The third kappa shape index (κ3) is 3.58. The predicted octanol–water partition coefficient (Wildman–Crippen LogP) is 3.48. The van der Waals surface area contributed by atoms with Gasteiger partial charge in [0.1, 0.15) is 24.0 Å². The van der Waals surface area contributed by atoms with Gasteiger partial charge < -0.3 is 16.2 Å². The molecule has 0 aliphatic rings. The molecule has 27 heavy (non-hydrogen) atoms. The molecule has 0 spiro atoms. The van der Waals surface area contributed by atoms with E-state index >= 15 is 0 Å². The van der Waals surface area contributed by atoms with E-state index in [0.717, 1.165) is 11.3 Å². The molecule has 0 unspecified atom stereocenters. The van der Waals surface area contributed by atoms with Crippen LogP contribution in [0.5, 0.6) is 5.75 Å². The molecule has 3 aromatic heterocycles. The van der Waals surface area contributed by atoms with E-state index in [4.69, 9.17) is 27.8 Å². The quantitative estimate of drug-likeness (QED) is 0.558. The van der Waals surface area contributed by atoms with Crippen LogP contribution in [0.25, 0.3) is 22.3 Å². The number of fused-ring (bicyclic) bond motifs is 1. The Hall–Kier alpha value is -3.45. The number of nitrogen functional groups attached to an aromatic ring is 2. The summed E-state index contributed by atoms with van der Waals surface area (Å²) in [7, 11) is 0. The maximum Gasteiger partial charge on any atom is 0.162 e. The number of hydrogen-bond acceptors (Lipinski definition) is 7. The van der Waals surface area contributed by atoms with E-state index in [2.05, 4.69) is 19.9 Å². The highest BCUT2D eigenvalue weighted by molar-refractivity contribution is 6.32. The summed E-state index contributed by atoms with van der Waals surface area (Å²) in [6.45, 7) is 0.326. The summed E-state index contributed by atoms with van der Waals surface area (Å²) in [5.41, 5.74) is 13.9. The fraction of sp³-hybridized carbons (Fsp3) is 0.0526. The van der Waals surface area contributed by atoms with E-state index in [1.807, 2.05) is 24.3 Å². The Kier molecular flexibility index (Phi) is 4.43. The molecule has 4 rings (SSSR count). The number of halogens is 1. The second-order valence-electron chi connectivity index (χ2n) is 5.81. The number of hydrogen-bond donors (Lipinski definition) is 2. The lowest BCUT2D eigenvalue weighted by Crippen LogP contribution is -2.00. The maximum absolute atomic E-state index is 6.36. The Morgan fingerprint density at radius 2 is 1.89 bits per heavy atom. The van der Waals surface area contributed by atoms with Crippen molar-refractivity contribution in [3.05, 3.63) is 65.6 Å². The number of nitrogens with two attached hydrogens (primary N) is 2. The van der Waals surface area contributed by atoms with Crippen LogP contribution < -0.4 is 16.2 Å². The SMILES string of the molecule is Nc1cc2c(N)nc(-c3ccc(OCc4ccccn4)c(Cl)c3)nc2cn1. The number of ether oxygens (including phenoxy) is 1. The number of aromatic nitrogens is 4. The average molecular weight is 379 g/mol. The zero-order valence-electron chi connectivity index (χ0n) is 14.1. The van der Waals surface area contributed by atoms with Crippen molar-refractivity contribution in [2.45, 2.75) is 6.61 Å². The molecule has 4 N–H and O–H groups in total. The summed E-state index contributed by atoms with van der Waals surface area (Å²) in [6.07, 6.45) is 3.28. The van der Waals surface area contributed by atoms with Crippen LogP contribution >= 0.6 is 11.6 Å². The molecule has 0 fully saturated rings. The van der Waals surface area contributed by atoms with Crippen molar-refractivity contribution in [1.29, 1.82) is 0 Å². The van der Waals surface area contributed by atoms with E-state index in [1.54, 1.807) is 30.6 Å². The first-order valence-electron chi connectivity index (χ1n) is 8.11. The van der Waals surface area contributed by atoms with Gasteiger partial charge in [-0.05, 0) is 36.4 Å². The number of benzene rings is 1. The lowest BCUT2D eigenvalue weighted by Gasteiger charge is -2.10. The second-order valence-corrected chi connectivity index (χ2v) is 6.22. The van der Waals surface area contributed by atoms with Gasteiger partial charge in [0.25, 0.3) is 0 Å². The van der Waals surface area contributed by atoms with Gasteiger partial charge in [0.05, 0.1) is 22.4 Å². The van der Waals surface area contributed by atoms with E-state index in [9.17, 15) is 0 Å².